The zero-order valence-electron chi connectivity index (χ0n) is 15.3. The van der Waals surface area contributed by atoms with Gasteiger partial charge in [-0.25, -0.2) is 4.79 Å². The molecular weight excluding hydrogens is 366 g/mol. The Morgan fingerprint density at radius 2 is 1.61 bits per heavy atom. The molecule has 0 aliphatic carbocycles. The van der Waals surface area contributed by atoms with Gasteiger partial charge in [-0.15, -0.1) is 0 Å². The van der Waals surface area contributed by atoms with E-state index in [-0.39, 0.29) is 19.3 Å². The van der Waals surface area contributed by atoms with Crippen LogP contribution in [0.2, 0.25) is 0 Å². The highest BCUT2D eigenvalue weighted by atomic mass is 16.7. The van der Waals surface area contributed by atoms with Crippen LogP contribution in [0.25, 0.3) is 0 Å². The van der Waals surface area contributed by atoms with E-state index in [0.717, 1.165) is 5.56 Å². The Labute approximate surface area is 161 Å². The number of amides is 1. The van der Waals surface area contributed by atoms with Gasteiger partial charge in [0.05, 0.1) is 5.56 Å². The van der Waals surface area contributed by atoms with Gasteiger partial charge in [0.2, 0.25) is 6.79 Å². The summed E-state index contributed by atoms with van der Waals surface area (Å²) in [5, 5.41) is 0. The van der Waals surface area contributed by atoms with Crippen LogP contribution in [-0.2, 0) is 16.1 Å². The van der Waals surface area contributed by atoms with E-state index in [1.54, 1.807) is 19.2 Å². The van der Waals surface area contributed by atoms with Crippen LogP contribution in [0.3, 0.4) is 0 Å². The fourth-order valence-electron chi connectivity index (χ4n) is 2.89. The number of nitrogens with zero attached hydrogens (tertiary/aromatic N) is 1. The van der Waals surface area contributed by atoms with Gasteiger partial charge in [-0.05, 0) is 35.9 Å². The molecule has 0 atom stereocenters. The van der Waals surface area contributed by atoms with Gasteiger partial charge in [-0.2, -0.15) is 0 Å². The highest BCUT2D eigenvalue weighted by molar-refractivity contribution is 5.92. The van der Waals surface area contributed by atoms with E-state index in [4.69, 9.17) is 23.7 Å². The van der Waals surface area contributed by atoms with E-state index < -0.39 is 5.97 Å². The van der Waals surface area contributed by atoms with Gasteiger partial charge in [0.15, 0.2) is 29.6 Å². The van der Waals surface area contributed by atoms with Crippen LogP contribution in [-0.4, -0.2) is 50.4 Å². The maximum Gasteiger partial charge on any atom is 0.338 e. The lowest BCUT2D eigenvalue weighted by atomic mass is 10.2. The van der Waals surface area contributed by atoms with Crippen molar-refractivity contribution < 1.29 is 33.3 Å². The van der Waals surface area contributed by atoms with Crippen molar-refractivity contribution in [3.8, 4) is 23.0 Å². The molecule has 2 aliphatic rings. The summed E-state index contributed by atoms with van der Waals surface area (Å²) in [6.07, 6.45) is 0. The van der Waals surface area contributed by atoms with Crippen LogP contribution in [0.15, 0.2) is 36.4 Å². The van der Waals surface area contributed by atoms with Crippen LogP contribution in [0, 0.1) is 0 Å². The Balaban J connectivity index is 1.31. The normalized spacial score (nSPS) is 13.8. The number of hydrogen-bond acceptors (Lipinski definition) is 7. The second-order valence-corrected chi connectivity index (χ2v) is 6.37. The molecule has 2 aromatic rings. The minimum Gasteiger partial charge on any atom is -0.486 e. The molecular formula is C20H19NO7. The van der Waals surface area contributed by atoms with Crippen molar-refractivity contribution in [2.24, 2.45) is 0 Å². The van der Waals surface area contributed by atoms with E-state index in [1.165, 1.54) is 11.0 Å². The molecule has 0 saturated carbocycles. The van der Waals surface area contributed by atoms with Gasteiger partial charge in [0.25, 0.3) is 5.91 Å². The molecule has 0 saturated heterocycles. The monoisotopic (exact) mass is 385 g/mol. The molecule has 8 heteroatoms. The molecule has 8 nitrogen and oxygen atoms in total. The van der Waals surface area contributed by atoms with E-state index in [9.17, 15) is 9.59 Å². The molecule has 0 radical (unpaired) electrons. The van der Waals surface area contributed by atoms with Crippen LogP contribution in [0.5, 0.6) is 23.0 Å². The summed E-state index contributed by atoms with van der Waals surface area (Å²) in [6.45, 7) is 1.16. The summed E-state index contributed by atoms with van der Waals surface area (Å²) in [4.78, 5) is 26.0. The zero-order chi connectivity index (χ0) is 19.5. The Morgan fingerprint density at radius 1 is 0.929 bits per heavy atom. The minimum absolute atomic E-state index is 0.122. The third-order valence-electron chi connectivity index (χ3n) is 4.39. The Morgan fingerprint density at radius 3 is 2.46 bits per heavy atom. The third kappa shape index (κ3) is 3.80. The number of likely N-dealkylation sites (N-methyl/N-ethyl adjacent to an activating group) is 1. The standard InChI is InChI=1S/C20H19NO7/c1-21(10-13-2-4-15-17(8-13)25-7-6-24-15)19(22)11-26-20(23)14-3-5-16-18(9-14)28-12-27-16/h2-5,8-9H,6-7,10-12H2,1H3. The van der Waals surface area contributed by atoms with Crippen molar-refractivity contribution in [1.82, 2.24) is 4.90 Å². The lowest BCUT2D eigenvalue weighted by molar-refractivity contribution is -0.133. The Bertz CT molecular complexity index is 911. The van der Waals surface area contributed by atoms with Crippen LogP contribution in [0.4, 0.5) is 0 Å². The van der Waals surface area contributed by atoms with Crippen molar-refractivity contribution >= 4 is 11.9 Å². The molecule has 0 unspecified atom stereocenters. The molecule has 2 aromatic carbocycles. The number of hydrogen-bond donors (Lipinski definition) is 0. The maximum absolute atomic E-state index is 12.3. The van der Waals surface area contributed by atoms with Gasteiger partial charge >= 0.3 is 5.97 Å². The number of rotatable bonds is 5. The van der Waals surface area contributed by atoms with Crippen molar-refractivity contribution in [2.45, 2.75) is 6.54 Å². The predicted octanol–water partition coefficient (Wildman–Crippen LogP) is 2.00. The first-order chi connectivity index (χ1) is 13.6. The van der Waals surface area contributed by atoms with Gasteiger partial charge in [0, 0.05) is 13.6 Å². The van der Waals surface area contributed by atoms with E-state index >= 15 is 0 Å². The highest BCUT2D eigenvalue weighted by Gasteiger charge is 2.19. The minimum atomic E-state index is -0.598. The van der Waals surface area contributed by atoms with Crippen LogP contribution in [0.1, 0.15) is 15.9 Å². The number of esters is 1. The second kappa shape index (κ2) is 7.67. The molecule has 146 valence electrons. The first kappa shape index (κ1) is 18.0. The number of carbonyl (C=O) groups is 2. The van der Waals surface area contributed by atoms with Crippen molar-refractivity contribution in [2.75, 3.05) is 33.7 Å². The van der Waals surface area contributed by atoms with Crippen LogP contribution >= 0.6 is 0 Å². The maximum atomic E-state index is 12.3. The first-order valence-corrected chi connectivity index (χ1v) is 8.79. The number of benzene rings is 2. The van der Waals surface area contributed by atoms with Gasteiger partial charge in [-0.1, -0.05) is 6.07 Å². The Hall–Kier alpha value is -3.42. The summed E-state index contributed by atoms with van der Waals surface area (Å²) >= 11 is 0. The first-order valence-electron chi connectivity index (χ1n) is 8.79. The molecule has 0 N–H and O–H groups in total. The summed E-state index contributed by atoms with van der Waals surface area (Å²) < 4.78 is 26.6. The smallest absolute Gasteiger partial charge is 0.338 e. The Kier molecular flexibility index (Phi) is 4.92. The van der Waals surface area contributed by atoms with Crippen molar-refractivity contribution in [1.29, 1.82) is 0 Å². The predicted molar refractivity (Wildman–Crippen MR) is 96.8 cm³/mol. The van der Waals surface area contributed by atoms with Crippen molar-refractivity contribution in [3.63, 3.8) is 0 Å². The molecule has 0 spiro atoms. The number of fused-ring (bicyclic) bond motifs is 2. The zero-order valence-corrected chi connectivity index (χ0v) is 15.3. The number of ether oxygens (including phenoxy) is 5. The van der Waals surface area contributed by atoms with E-state index in [0.29, 0.717) is 48.3 Å². The van der Waals surface area contributed by atoms with Gasteiger partial charge in [-0.3, -0.25) is 4.79 Å². The fourth-order valence-corrected chi connectivity index (χ4v) is 2.89. The van der Waals surface area contributed by atoms with Gasteiger partial charge in [0.1, 0.15) is 13.2 Å². The lowest BCUT2D eigenvalue weighted by Gasteiger charge is -2.21. The van der Waals surface area contributed by atoms with Gasteiger partial charge < -0.3 is 28.6 Å². The highest BCUT2D eigenvalue weighted by Crippen LogP contribution is 2.33. The summed E-state index contributed by atoms with van der Waals surface area (Å²) in [7, 11) is 1.65. The molecule has 0 aromatic heterocycles. The molecule has 2 heterocycles. The summed E-state index contributed by atoms with van der Waals surface area (Å²) in [5.41, 5.74) is 1.19. The summed E-state index contributed by atoms with van der Waals surface area (Å²) in [6, 6.07) is 10.3. The molecule has 28 heavy (non-hydrogen) atoms. The van der Waals surface area contributed by atoms with Crippen LogP contribution < -0.4 is 18.9 Å². The SMILES string of the molecule is CN(Cc1ccc2c(c1)OCCO2)C(=O)COC(=O)c1ccc2c(c1)OCO2. The second-order valence-electron chi connectivity index (χ2n) is 6.37. The third-order valence-corrected chi connectivity index (χ3v) is 4.39. The average molecular weight is 385 g/mol. The molecule has 0 bridgehead atoms. The van der Waals surface area contributed by atoms with E-state index in [1.807, 2.05) is 18.2 Å². The van der Waals surface area contributed by atoms with Crippen molar-refractivity contribution in [3.05, 3.63) is 47.5 Å². The topological polar surface area (TPSA) is 83.5 Å². The molecule has 0 fully saturated rings. The molecule has 4 rings (SSSR count). The average Bonchev–Trinajstić information content (AvgIpc) is 3.19. The van der Waals surface area contributed by atoms with E-state index in [2.05, 4.69) is 0 Å². The summed E-state index contributed by atoms with van der Waals surface area (Å²) in [5.74, 6) is 1.51. The molecule has 1 amide bonds. The largest absolute Gasteiger partial charge is 0.486 e. The lowest BCUT2D eigenvalue weighted by Crippen LogP contribution is -2.30. The number of carbonyl (C=O) groups excluding carboxylic acids is 2. The molecule has 2 aliphatic heterocycles. The quantitative estimate of drug-likeness (QED) is 0.728. The fraction of sp³-hybridized carbons (Fsp3) is 0.300.